The first-order chi connectivity index (χ1) is 4.47. The number of H-pyrrole nitrogens is 1. The third kappa shape index (κ3) is 1.11. The molecule has 0 aliphatic heterocycles. The fourth-order valence-corrected chi connectivity index (χ4v) is 0.691. The van der Waals surface area contributed by atoms with Crippen molar-refractivity contribution in [2.75, 3.05) is 0 Å². The second-order valence-electron chi connectivity index (χ2n) is 1.69. The van der Waals surface area contributed by atoms with Crippen LogP contribution in [0.2, 0.25) is 0 Å². The van der Waals surface area contributed by atoms with Crippen LogP contribution in [-0.4, -0.2) is 44.1 Å². The molecule has 0 aromatic carbocycles. The van der Waals surface area contributed by atoms with Gasteiger partial charge in [0.1, 0.15) is 17.4 Å². The van der Waals surface area contributed by atoms with Gasteiger partial charge in [-0.2, -0.15) is 5.10 Å². The van der Waals surface area contributed by atoms with E-state index in [2.05, 4.69) is 20.2 Å². The number of fused-ring (bicyclic) bond motifs is 1. The van der Waals surface area contributed by atoms with Crippen LogP contribution in [0.15, 0.2) is 18.7 Å². The molecular formula is C5H4N4Sn. The monoisotopic (exact) mass is 240 g/mol. The van der Waals surface area contributed by atoms with Crippen molar-refractivity contribution < 1.29 is 0 Å². The van der Waals surface area contributed by atoms with Gasteiger partial charge in [-0.25, -0.2) is 9.97 Å². The average molecular weight is 239 g/mol. The van der Waals surface area contributed by atoms with Crippen molar-refractivity contribution in [3.63, 3.8) is 0 Å². The standard InChI is InChI=1S/C5H4N4.Sn/c1-5-4(2-8-9-5)7-3-6-1;/h1-3H,(H,8,9);. The minimum absolute atomic E-state index is 0. The maximum atomic E-state index is 3.94. The van der Waals surface area contributed by atoms with Gasteiger partial charge in [-0.3, -0.25) is 5.10 Å². The van der Waals surface area contributed by atoms with E-state index < -0.39 is 0 Å². The SMILES string of the molecule is [Sn].c1ncc2[nH]ncc2n1. The summed E-state index contributed by atoms with van der Waals surface area (Å²) in [5.74, 6) is 0. The molecule has 0 aliphatic carbocycles. The predicted octanol–water partition coefficient (Wildman–Crippen LogP) is -0.0279. The molecule has 0 fully saturated rings. The molecule has 5 heteroatoms. The summed E-state index contributed by atoms with van der Waals surface area (Å²) in [6.07, 6.45) is 4.85. The zero-order valence-electron chi connectivity index (χ0n) is 5.07. The number of nitrogens with one attached hydrogen (secondary N) is 1. The van der Waals surface area contributed by atoms with E-state index >= 15 is 0 Å². The molecule has 0 unspecified atom stereocenters. The molecular weight excluding hydrogens is 235 g/mol. The van der Waals surface area contributed by atoms with E-state index in [4.69, 9.17) is 0 Å². The molecule has 0 spiro atoms. The van der Waals surface area contributed by atoms with E-state index in [9.17, 15) is 0 Å². The number of hydrogen-bond acceptors (Lipinski definition) is 3. The summed E-state index contributed by atoms with van der Waals surface area (Å²) < 4.78 is 0. The molecule has 0 amide bonds. The molecule has 10 heavy (non-hydrogen) atoms. The average Bonchev–Trinajstić information content (AvgIpc) is 2.33. The van der Waals surface area contributed by atoms with Crippen molar-refractivity contribution in [2.45, 2.75) is 0 Å². The first-order valence-corrected chi connectivity index (χ1v) is 2.56. The molecule has 0 aliphatic rings. The predicted molar refractivity (Wildman–Crippen MR) is 37.4 cm³/mol. The Labute approximate surface area is 74.0 Å². The fourth-order valence-electron chi connectivity index (χ4n) is 0.691. The number of nitrogens with zero attached hydrogens (tertiary/aromatic N) is 3. The molecule has 0 saturated heterocycles. The molecule has 0 atom stereocenters. The Hall–Kier alpha value is -0.651. The van der Waals surface area contributed by atoms with E-state index in [1.807, 2.05) is 0 Å². The Bertz CT molecular complexity index is 288. The first-order valence-electron chi connectivity index (χ1n) is 2.56. The number of aromatic amines is 1. The van der Waals surface area contributed by atoms with Gasteiger partial charge < -0.3 is 0 Å². The van der Waals surface area contributed by atoms with E-state index in [0.29, 0.717) is 0 Å². The van der Waals surface area contributed by atoms with Crippen LogP contribution in [-0.2, 0) is 0 Å². The molecule has 1 N–H and O–H groups in total. The number of rotatable bonds is 0. The number of hydrogen-bond donors (Lipinski definition) is 1. The van der Waals surface area contributed by atoms with Crippen LogP contribution in [0.4, 0.5) is 0 Å². The normalized spacial score (nSPS) is 9.20. The zero-order chi connectivity index (χ0) is 6.10. The van der Waals surface area contributed by atoms with Gasteiger partial charge in [-0.05, 0) is 0 Å². The largest absolute Gasteiger partial charge is 0.275 e. The summed E-state index contributed by atoms with van der Waals surface area (Å²) in [6, 6.07) is 0. The molecule has 4 nitrogen and oxygen atoms in total. The van der Waals surface area contributed by atoms with Crippen molar-refractivity contribution in [1.29, 1.82) is 0 Å². The van der Waals surface area contributed by atoms with Crippen LogP contribution in [0, 0.1) is 0 Å². The van der Waals surface area contributed by atoms with Crippen LogP contribution in [0.5, 0.6) is 0 Å². The van der Waals surface area contributed by atoms with Gasteiger partial charge in [-0.15, -0.1) is 0 Å². The van der Waals surface area contributed by atoms with Crippen molar-refractivity contribution in [1.82, 2.24) is 20.2 Å². The summed E-state index contributed by atoms with van der Waals surface area (Å²) in [6.45, 7) is 0. The minimum atomic E-state index is 0. The van der Waals surface area contributed by atoms with Crippen molar-refractivity contribution >= 4 is 34.9 Å². The maximum Gasteiger partial charge on any atom is 0.116 e. The first kappa shape index (κ1) is 7.46. The van der Waals surface area contributed by atoms with Crippen LogP contribution in [0.1, 0.15) is 0 Å². The van der Waals surface area contributed by atoms with Crippen LogP contribution in [0.3, 0.4) is 0 Å². The summed E-state index contributed by atoms with van der Waals surface area (Å²) in [5, 5.41) is 6.52. The van der Waals surface area contributed by atoms with Crippen LogP contribution >= 0.6 is 0 Å². The maximum absolute atomic E-state index is 3.94. The van der Waals surface area contributed by atoms with Gasteiger partial charge in [-0.1, -0.05) is 0 Å². The zero-order valence-corrected chi connectivity index (χ0v) is 7.93. The second kappa shape index (κ2) is 2.96. The molecule has 2 aromatic heterocycles. The third-order valence-electron chi connectivity index (χ3n) is 1.11. The van der Waals surface area contributed by atoms with Gasteiger partial charge in [0.05, 0.1) is 12.4 Å². The van der Waals surface area contributed by atoms with E-state index in [0.717, 1.165) is 11.0 Å². The van der Waals surface area contributed by atoms with Crippen LogP contribution in [0.25, 0.3) is 11.0 Å². The molecule has 2 rings (SSSR count). The Morgan fingerprint density at radius 3 is 3.00 bits per heavy atom. The quantitative estimate of drug-likeness (QED) is 0.656. The Morgan fingerprint density at radius 1 is 1.30 bits per heavy atom. The topological polar surface area (TPSA) is 54.5 Å². The summed E-state index contributed by atoms with van der Waals surface area (Å²) >= 11 is 0. The minimum Gasteiger partial charge on any atom is -0.275 e. The molecule has 2 aromatic rings. The van der Waals surface area contributed by atoms with Gasteiger partial charge in [0.25, 0.3) is 0 Å². The van der Waals surface area contributed by atoms with Gasteiger partial charge in [0, 0.05) is 23.9 Å². The van der Waals surface area contributed by atoms with Crippen molar-refractivity contribution in [3.05, 3.63) is 18.7 Å². The summed E-state index contributed by atoms with van der Waals surface area (Å²) in [5.41, 5.74) is 1.72. The number of aromatic nitrogens is 4. The van der Waals surface area contributed by atoms with Gasteiger partial charge >= 0.3 is 0 Å². The fraction of sp³-hybridized carbons (Fsp3) is 0. The molecule has 2 heterocycles. The molecule has 48 valence electrons. The Balaban J connectivity index is 0.000000500. The molecule has 4 radical (unpaired) electrons. The van der Waals surface area contributed by atoms with Crippen molar-refractivity contribution in [3.8, 4) is 0 Å². The van der Waals surface area contributed by atoms with Gasteiger partial charge in [0.2, 0.25) is 0 Å². The second-order valence-corrected chi connectivity index (χ2v) is 1.69. The summed E-state index contributed by atoms with van der Waals surface area (Å²) in [7, 11) is 0. The van der Waals surface area contributed by atoms with Gasteiger partial charge in [0.15, 0.2) is 0 Å². The van der Waals surface area contributed by atoms with E-state index in [1.165, 1.54) is 6.33 Å². The molecule has 0 bridgehead atoms. The smallest absolute Gasteiger partial charge is 0.116 e. The summed E-state index contributed by atoms with van der Waals surface area (Å²) in [4.78, 5) is 7.74. The van der Waals surface area contributed by atoms with E-state index in [-0.39, 0.29) is 23.9 Å². The van der Waals surface area contributed by atoms with E-state index in [1.54, 1.807) is 12.4 Å². The van der Waals surface area contributed by atoms with Crippen molar-refractivity contribution in [2.24, 2.45) is 0 Å². The third-order valence-corrected chi connectivity index (χ3v) is 1.11. The molecule has 0 saturated carbocycles. The van der Waals surface area contributed by atoms with Crippen LogP contribution < -0.4 is 0 Å². The Morgan fingerprint density at radius 2 is 2.20 bits per heavy atom. The Kier molecular flexibility index (Phi) is 2.20.